The van der Waals surface area contributed by atoms with E-state index in [0.29, 0.717) is 6.61 Å². The second-order valence-electron chi connectivity index (χ2n) is 5.76. The van der Waals surface area contributed by atoms with E-state index in [-0.39, 0.29) is 6.04 Å². The lowest BCUT2D eigenvalue weighted by atomic mass is 10.1. The van der Waals surface area contributed by atoms with Crippen molar-refractivity contribution in [2.45, 2.75) is 52.3 Å². The number of ether oxygens (including phenoxy) is 1. The molecule has 5 nitrogen and oxygen atoms in total. The Balaban J connectivity index is 1.79. The Morgan fingerprint density at radius 2 is 2.19 bits per heavy atom. The van der Waals surface area contributed by atoms with Gasteiger partial charge in [0.05, 0.1) is 0 Å². The maximum atomic E-state index is 6.01. The molecule has 112 valence electrons. The van der Waals surface area contributed by atoms with Crippen LogP contribution in [-0.2, 0) is 19.6 Å². The quantitative estimate of drug-likeness (QED) is 0.938. The normalized spacial score (nSPS) is 15.6. The third-order valence-electron chi connectivity index (χ3n) is 3.95. The number of aromatic nitrogens is 3. The van der Waals surface area contributed by atoms with Crippen LogP contribution in [0, 0.1) is 6.92 Å². The summed E-state index contributed by atoms with van der Waals surface area (Å²) in [6.45, 7) is 5.46. The van der Waals surface area contributed by atoms with Gasteiger partial charge in [-0.05, 0) is 38.3 Å². The molecule has 0 unspecified atom stereocenters. The van der Waals surface area contributed by atoms with Gasteiger partial charge in [-0.1, -0.05) is 12.1 Å². The molecule has 21 heavy (non-hydrogen) atoms. The van der Waals surface area contributed by atoms with E-state index in [9.17, 15) is 0 Å². The van der Waals surface area contributed by atoms with E-state index in [4.69, 9.17) is 10.5 Å². The molecule has 0 fully saturated rings. The van der Waals surface area contributed by atoms with Crippen LogP contribution in [0.5, 0.6) is 5.75 Å². The number of aryl methyl sites for hydroxylation is 2. The first-order valence-electron chi connectivity index (χ1n) is 7.55. The lowest BCUT2D eigenvalue weighted by Crippen LogP contribution is -2.15. The SMILES string of the molecule is Cc1ccc([C@@H](C)N)c(OCc2nnc3n2CCCC3)c1. The summed E-state index contributed by atoms with van der Waals surface area (Å²) in [5, 5.41) is 8.52. The van der Waals surface area contributed by atoms with Crippen LogP contribution in [0.4, 0.5) is 0 Å². The molecule has 1 aliphatic rings. The molecule has 2 heterocycles. The van der Waals surface area contributed by atoms with Gasteiger partial charge in [-0.2, -0.15) is 0 Å². The summed E-state index contributed by atoms with van der Waals surface area (Å²) >= 11 is 0. The number of fused-ring (bicyclic) bond motifs is 1. The van der Waals surface area contributed by atoms with Gasteiger partial charge >= 0.3 is 0 Å². The van der Waals surface area contributed by atoms with Crippen LogP contribution in [0.25, 0.3) is 0 Å². The highest BCUT2D eigenvalue weighted by Crippen LogP contribution is 2.26. The van der Waals surface area contributed by atoms with E-state index in [0.717, 1.165) is 41.5 Å². The van der Waals surface area contributed by atoms with Gasteiger partial charge in [-0.15, -0.1) is 10.2 Å². The van der Waals surface area contributed by atoms with Crippen LogP contribution in [0.15, 0.2) is 18.2 Å². The number of benzene rings is 1. The fraction of sp³-hybridized carbons (Fsp3) is 0.500. The van der Waals surface area contributed by atoms with E-state index in [2.05, 4.69) is 27.8 Å². The standard InChI is InChI=1S/C16H22N4O/c1-11-6-7-13(12(2)17)14(9-11)21-10-16-19-18-15-5-3-4-8-20(15)16/h6-7,9,12H,3-5,8,10,17H2,1-2H3/t12-/m1/s1. The monoisotopic (exact) mass is 286 g/mol. The summed E-state index contributed by atoms with van der Waals surface area (Å²) in [7, 11) is 0. The second-order valence-corrected chi connectivity index (χ2v) is 5.76. The molecule has 3 rings (SSSR count). The van der Waals surface area contributed by atoms with Gasteiger partial charge in [0, 0.05) is 24.6 Å². The number of nitrogens with two attached hydrogens (primary N) is 1. The summed E-state index contributed by atoms with van der Waals surface area (Å²) in [6.07, 6.45) is 3.40. The average molecular weight is 286 g/mol. The Kier molecular flexibility index (Phi) is 3.92. The van der Waals surface area contributed by atoms with Crippen molar-refractivity contribution in [2.24, 2.45) is 5.73 Å². The largest absolute Gasteiger partial charge is 0.485 e. The zero-order valence-electron chi connectivity index (χ0n) is 12.7. The van der Waals surface area contributed by atoms with Crippen LogP contribution < -0.4 is 10.5 Å². The van der Waals surface area contributed by atoms with Crippen molar-refractivity contribution in [3.8, 4) is 5.75 Å². The highest BCUT2D eigenvalue weighted by molar-refractivity contribution is 5.38. The molecule has 0 spiro atoms. The van der Waals surface area contributed by atoms with Gasteiger partial charge in [0.2, 0.25) is 0 Å². The lowest BCUT2D eigenvalue weighted by Gasteiger charge is -2.17. The van der Waals surface area contributed by atoms with Crippen molar-refractivity contribution < 1.29 is 4.74 Å². The summed E-state index contributed by atoms with van der Waals surface area (Å²) in [5.41, 5.74) is 8.20. The molecular weight excluding hydrogens is 264 g/mol. The Morgan fingerprint density at radius 1 is 1.33 bits per heavy atom. The molecular formula is C16H22N4O. The van der Waals surface area contributed by atoms with Gasteiger partial charge in [0.25, 0.3) is 0 Å². The third-order valence-corrected chi connectivity index (χ3v) is 3.95. The molecule has 0 radical (unpaired) electrons. The molecule has 5 heteroatoms. The van der Waals surface area contributed by atoms with E-state index in [1.807, 2.05) is 19.1 Å². The van der Waals surface area contributed by atoms with Crippen LogP contribution in [0.2, 0.25) is 0 Å². The van der Waals surface area contributed by atoms with Crippen molar-refractivity contribution in [3.05, 3.63) is 41.0 Å². The zero-order valence-corrected chi connectivity index (χ0v) is 12.7. The van der Waals surface area contributed by atoms with Crippen LogP contribution in [0.3, 0.4) is 0 Å². The molecule has 0 saturated carbocycles. The topological polar surface area (TPSA) is 66.0 Å². The first kappa shape index (κ1) is 14.1. The summed E-state index contributed by atoms with van der Waals surface area (Å²) in [5.74, 6) is 2.83. The summed E-state index contributed by atoms with van der Waals surface area (Å²) in [4.78, 5) is 0. The van der Waals surface area contributed by atoms with E-state index in [1.165, 1.54) is 12.8 Å². The minimum absolute atomic E-state index is 0.0482. The molecule has 1 aromatic heterocycles. The van der Waals surface area contributed by atoms with E-state index in [1.54, 1.807) is 0 Å². The van der Waals surface area contributed by atoms with Crippen molar-refractivity contribution in [3.63, 3.8) is 0 Å². The molecule has 2 N–H and O–H groups in total. The predicted molar refractivity (Wildman–Crippen MR) is 81.1 cm³/mol. The fourth-order valence-electron chi connectivity index (χ4n) is 2.76. The van der Waals surface area contributed by atoms with Crippen molar-refractivity contribution in [1.82, 2.24) is 14.8 Å². The van der Waals surface area contributed by atoms with Crippen molar-refractivity contribution in [1.29, 1.82) is 0 Å². The lowest BCUT2D eigenvalue weighted by molar-refractivity contribution is 0.282. The predicted octanol–water partition coefficient (Wildman–Crippen LogP) is 2.52. The molecule has 2 aromatic rings. The van der Waals surface area contributed by atoms with Gasteiger partial charge < -0.3 is 15.0 Å². The third kappa shape index (κ3) is 2.93. The molecule has 0 bridgehead atoms. The average Bonchev–Trinajstić information content (AvgIpc) is 2.88. The van der Waals surface area contributed by atoms with Crippen LogP contribution in [0.1, 0.15) is 48.6 Å². The molecule has 0 amide bonds. The minimum Gasteiger partial charge on any atom is -0.485 e. The summed E-state index contributed by atoms with van der Waals surface area (Å²) < 4.78 is 8.17. The molecule has 1 aromatic carbocycles. The van der Waals surface area contributed by atoms with Gasteiger partial charge in [0.1, 0.15) is 18.2 Å². The highest BCUT2D eigenvalue weighted by atomic mass is 16.5. The fourth-order valence-corrected chi connectivity index (χ4v) is 2.76. The highest BCUT2D eigenvalue weighted by Gasteiger charge is 2.16. The smallest absolute Gasteiger partial charge is 0.171 e. The van der Waals surface area contributed by atoms with Gasteiger partial charge in [-0.3, -0.25) is 0 Å². The van der Waals surface area contributed by atoms with Crippen LogP contribution in [-0.4, -0.2) is 14.8 Å². The maximum Gasteiger partial charge on any atom is 0.171 e. The molecule has 0 saturated heterocycles. The molecule has 1 atom stereocenters. The first-order chi connectivity index (χ1) is 10.1. The van der Waals surface area contributed by atoms with E-state index < -0.39 is 0 Å². The Bertz CT molecular complexity index is 633. The van der Waals surface area contributed by atoms with Gasteiger partial charge in [-0.25, -0.2) is 0 Å². The summed E-state index contributed by atoms with van der Waals surface area (Å²) in [6, 6.07) is 6.08. The number of hydrogen-bond donors (Lipinski definition) is 1. The zero-order chi connectivity index (χ0) is 14.8. The van der Waals surface area contributed by atoms with Crippen molar-refractivity contribution in [2.75, 3.05) is 0 Å². The minimum atomic E-state index is -0.0482. The Labute approximate surface area is 125 Å². The number of hydrogen-bond acceptors (Lipinski definition) is 4. The number of nitrogens with zero attached hydrogens (tertiary/aromatic N) is 3. The van der Waals surface area contributed by atoms with Gasteiger partial charge in [0.15, 0.2) is 5.82 Å². The molecule has 0 aliphatic carbocycles. The van der Waals surface area contributed by atoms with E-state index >= 15 is 0 Å². The number of rotatable bonds is 4. The Morgan fingerprint density at radius 3 is 3.00 bits per heavy atom. The Hall–Kier alpha value is -1.88. The molecule has 1 aliphatic heterocycles. The first-order valence-corrected chi connectivity index (χ1v) is 7.55. The van der Waals surface area contributed by atoms with Crippen LogP contribution >= 0.6 is 0 Å². The maximum absolute atomic E-state index is 6.01. The second kappa shape index (κ2) is 5.85. The van der Waals surface area contributed by atoms with Crippen molar-refractivity contribution >= 4 is 0 Å².